The second kappa shape index (κ2) is 7.79. The Morgan fingerprint density at radius 3 is 2.65 bits per heavy atom. The van der Waals surface area contributed by atoms with Gasteiger partial charge in [-0.2, -0.15) is 0 Å². The minimum Gasteiger partial charge on any atom is -0.453 e. The van der Waals surface area contributed by atoms with Gasteiger partial charge in [-0.3, -0.25) is 19.1 Å². The topological polar surface area (TPSA) is 87.1 Å². The van der Waals surface area contributed by atoms with Crippen molar-refractivity contribution in [2.75, 3.05) is 44.2 Å². The summed E-state index contributed by atoms with van der Waals surface area (Å²) in [5.74, 6) is 0.564. The van der Waals surface area contributed by atoms with Crippen LogP contribution in [0.1, 0.15) is 11.4 Å². The maximum absolute atomic E-state index is 12.9. The summed E-state index contributed by atoms with van der Waals surface area (Å²) in [6.45, 7) is 8.25. The highest BCUT2D eigenvalue weighted by atomic mass is 16.3. The van der Waals surface area contributed by atoms with Crippen molar-refractivity contribution in [1.29, 1.82) is 0 Å². The number of nitrogens with zero attached hydrogens (tertiary/aromatic N) is 5. The van der Waals surface area contributed by atoms with Gasteiger partial charge >= 0.3 is 0 Å². The Morgan fingerprint density at radius 1 is 1.06 bits per heavy atom. The van der Waals surface area contributed by atoms with Crippen molar-refractivity contribution in [3.63, 3.8) is 0 Å². The number of aryl methyl sites for hydroxylation is 2. The van der Waals surface area contributed by atoms with E-state index in [1.54, 1.807) is 4.40 Å². The lowest BCUT2D eigenvalue weighted by Crippen LogP contribution is -2.47. The molecular formula is C23H25N5O3. The summed E-state index contributed by atoms with van der Waals surface area (Å²) < 4.78 is 7.57. The lowest BCUT2D eigenvalue weighted by Gasteiger charge is -2.35. The first-order valence-electron chi connectivity index (χ1n) is 10.5. The largest absolute Gasteiger partial charge is 0.453 e. The third-order valence-corrected chi connectivity index (χ3v) is 5.85. The van der Waals surface area contributed by atoms with E-state index < -0.39 is 0 Å². The molecule has 0 aromatic carbocycles. The molecule has 4 aromatic rings. The predicted molar refractivity (Wildman–Crippen MR) is 120 cm³/mol. The molecule has 160 valence electrons. The highest BCUT2D eigenvalue weighted by Crippen LogP contribution is 2.28. The van der Waals surface area contributed by atoms with E-state index in [1.807, 2.05) is 44.3 Å². The molecule has 1 aliphatic rings. The number of β-amino-alcohol motifs (C(OH)–C–C–N with tert-alkyl or cyclic N) is 1. The van der Waals surface area contributed by atoms with Crippen molar-refractivity contribution < 1.29 is 9.52 Å². The fourth-order valence-electron chi connectivity index (χ4n) is 4.27. The monoisotopic (exact) mass is 419 g/mol. The predicted octanol–water partition coefficient (Wildman–Crippen LogP) is 2.23. The van der Waals surface area contributed by atoms with Crippen LogP contribution in [0, 0.1) is 13.8 Å². The molecule has 0 bridgehead atoms. The van der Waals surface area contributed by atoms with Gasteiger partial charge in [0, 0.05) is 56.1 Å². The van der Waals surface area contributed by atoms with E-state index in [4.69, 9.17) is 9.52 Å². The molecule has 1 N–H and O–H groups in total. The van der Waals surface area contributed by atoms with Gasteiger partial charge in [-0.15, -0.1) is 0 Å². The molecule has 1 saturated heterocycles. The maximum Gasteiger partial charge on any atom is 0.258 e. The SMILES string of the molecule is Cc1cc2cc(-c3cc(=O)n4cc(N5CCN(CCO)CC5)ccc4n3)oc2c(C)n1. The summed E-state index contributed by atoms with van der Waals surface area (Å²) in [4.78, 5) is 26.5. The first kappa shape index (κ1) is 19.7. The summed E-state index contributed by atoms with van der Waals surface area (Å²) in [5, 5.41) is 10.1. The summed E-state index contributed by atoms with van der Waals surface area (Å²) in [6.07, 6.45) is 1.85. The zero-order chi connectivity index (χ0) is 21.5. The molecule has 0 atom stereocenters. The van der Waals surface area contributed by atoms with E-state index in [0.29, 0.717) is 23.6 Å². The second-order valence-corrected chi connectivity index (χ2v) is 8.03. The number of fused-ring (bicyclic) bond motifs is 2. The molecule has 0 amide bonds. The van der Waals surface area contributed by atoms with Crippen LogP contribution in [0.15, 0.2) is 45.7 Å². The van der Waals surface area contributed by atoms with Gasteiger partial charge in [0.1, 0.15) is 11.3 Å². The van der Waals surface area contributed by atoms with Crippen molar-refractivity contribution in [3.05, 3.63) is 58.3 Å². The molecule has 0 saturated carbocycles. The number of anilines is 1. The van der Waals surface area contributed by atoms with Crippen molar-refractivity contribution >= 4 is 22.3 Å². The lowest BCUT2D eigenvalue weighted by atomic mass is 10.2. The van der Waals surface area contributed by atoms with Crippen LogP contribution >= 0.6 is 0 Å². The van der Waals surface area contributed by atoms with Gasteiger partial charge in [0.2, 0.25) is 0 Å². The Bertz CT molecular complexity index is 1320. The molecule has 31 heavy (non-hydrogen) atoms. The maximum atomic E-state index is 12.9. The van der Waals surface area contributed by atoms with Gasteiger partial charge < -0.3 is 14.4 Å². The van der Waals surface area contributed by atoms with Gasteiger partial charge in [0.05, 0.1) is 18.0 Å². The van der Waals surface area contributed by atoms with Crippen molar-refractivity contribution in [2.24, 2.45) is 0 Å². The first-order chi connectivity index (χ1) is 15.0. The van der Waals surface area contributed by atoms with Gasteiger partial charge in [0.25, 0.3) is 5.56 Å². The molecule has 4 aromatic heterocycles. The summed E-state index contributed by atoms with van der Waals surface area (Å²) >= 11 is 0. The average Bonchev–Trinajstić information content (AvgIpc) is 3.19. The van der Waals surface area contributed by atoms with Crippen LogP contribution in [-0.4, -0.2) is 63.7 Å². The van der Waals surface area contributed by atoms with Crippen LogP contribution in [0.5, 0.6) is 0 Å². The number of aliphatic hydroxyl groups excluding tert-OH is 1. The highest BCUT2D eigenvalue weighted by molar-refractivity contribution is 5.84. The van der Waals surface area contributed by atoms with Crippen LogP contribution in [0.3, 0.4) is 0 Å². The van der Waals surface area contributed by atoms with Gasteiger partial charge in [-0.25, -0.2) is 4.98 Å². The molecule has 1 fully saturated rings. The summed E-state index contributed by atoms with van der Waals surface area (Å²) in [6, 6.07) is 9.28. The minimum atomic E-state index is -0.146. The van der Waals surface area contributed by atoms with Crippen molar-refractivity contribution in [1.82, 2.24) is 19.3 Å². The molecule has 5 rings (SSSR count). The normalized spacial score (nSPS) is 15.3. The van der Waals surface area contributed by atoms with Gasteiger partial charge in [-0.05, 0) is 38.1 Å². The Labute approximate surface area is 179 Å². The first-order valence-corrected chi connectivity index (χ1v) is 10.5. The van der Waals surface area contributed by atoms with E-state index >= 15 is 0 Å². The quantitative estimate of drug-likeness (QED) is 0.543. The number of aliphatic hydroxyl groups is 1. The number of piperazine rings is 1. The Hall–Kier alpha value is -3.23. The molecular weight excluding hydrogens is 394 g/mol. The van der Waals surface area contributed by atoms with E-state index in [1.165, 1.54) is 6.07 Å². The number of hydrogen-bond acceptors (Lipinski definition) is 7. The van der Waals surface area contributed by atoms with Gasteiger partial charge in [0.15, 0.2) is 11.3 Å². The second-order valence-electron chi connectivity index (χ2n) is 8.03. The third kappa shape index (κ3) is 3.68. The van der Waals surface area contributed by atoms with Crippen LogP contribution in [0.2, 0.25) is 0 Å². The van der Waals surface area contributed by atoms with Crippen LogP contribution in [0.25, 0.3) is 28.1 Å². The van der Waals surface area contributed by atoms with Crippen LogP contribution in [0.4, 0.5) is 5.69 Å². The Morgan fingerprint density at radius 2 is 1.87 bits per heavy atom. The average molecular weight is 419 g/mol. The minimum absolute atomic E-state index is 0.146. The fraction of sp³-hybridized carbons (Fsp3) is 0.348. The lowest BCUT2D eigenvalue weighted by molar-refractivity contribution is 0.189. The van der Waals surface area contributed by atoms with Crippen LogP contribution in [-0.2, 0) is 0 Å². The smallest absolute Gasteiger partial charge is 0.258 e. The molecule has 0 unspecified atom stereocenters. The Balaban J connectivity index is 1.48. The van der Waals surface area contributed by atoms with E-state index in [0.717, 1.165) is 54.2 Å². The van der Waals surface area contributed by atoms with Crippen molar-refractivity contribution in [3.8, 4) is 11.5 Å². The highest BCUT2D eigenvalue weighted by Gasteiger charge is 2.18. The zero-order valence-corrected chi connectivity index (χ0v) is 17.7. The zero-order valence-electron chi connectivity index (χ0n) is 17.7. The van der Waals surface area contributed by atoms with E-state index in [2.05, 4.69) is 19.8 Å². The number of hydrogen-bond donors (Lipinski definition) is 1. The number of furan rings is 1. The molecule has 8 heteroatoms. The molecule has 8 nitrogen and oxygen atoms in total. The van der Waals surface area contributed by atoms with Crippen LogP contribution < -0.4 is 10.5 Å². The Kier molecular flexibility index (Phi) is 4.95. The molecule has 5 heterocycles. The third-order valence-electron chi connectivity index (χ3n) is 5.85. The van der Waals surface area contributed by atoms with E-state index in [9.17, 15) is 4.79 Å². The van der Waals surface area contributed by atoms with Gasteiger partial charge in [-0.1, -0.05) is 0 Å². The molecule has 1 aliphatic heterocycles. The van der Waals surface area contributed by atoms with E-state index in [-0.39, 0.29) is 12.2 Å². The molecule has 0 spiro atoms. The number of rotatable bonds is 4. The van der Waals surface area contributed by atoms with Crippen molar-refractivity contribution in [2.45, 2.75) is 13.8 Å². The fourth-order valence-corrected chi connectivity index (χ4v) is 4.27. The summed E-state index contributed by atoms with van der Waals surface area (Å²) in [7, 11) is 0. The number of aromatic nitrogens is 3. The molecule has 0 radical (unpaired) electrons. The summed E-state index contributed by atoms with van der Waals surface area (Å²) in [5.41, 5.74) is 4.41. The standard InChI is InChI=1S/C23H25N5O3/c1-15-11-17-12-20(31-23(17)16(2)24-15)19-13-22(30)28-14-18(3-4-21(28)25-19)27-7-5-26(6-8-27)9-10-29/h3-4,11-14,29H,5-10H2,1-2H3. The molecule has 0 aliphatic carbocycles. The number of pyridine rings is 2.